The highest BCUT2D eigenvalue weighted by Crippen LogP contribution is 2.10. The highest BCUT2D eigenvalue weighted by Gasteiger charge is 2.13. The summed E-state index contributed by atoms with van der Waals surface area (Å²) in [6.45, 7) is 6.86. The number of hydrogen-bond donors (Lipinski definition) is 1. The third kappa shape index (κ3) is 5.40. The Morgan fingerprint density at radius 2 is 2.29 bits per heavy atom. The van der Waals surface area contributed by atoms with Crippen LogP contribution in [0.1, 0.15) is 38.5 Å². The Hall–Kier alpha value is -0.340. The van der Waals surface area contributed by atoms with Crippen LogP contribution in [0.5, 0.6) is 0 Å². The summed E-state index contributed by atoms with van der Waals surface area (Å²) >= 11 is 0. The molecule has 0 aromatic heterocycles. The van der Waals surface area contributed by atoms with Crippen LogP contribution >= 0.6 is 0 Å². The van der Waals surface area contributed by atoms with Crippen LogP contribution in [-0.2, 0) is 4.74 Å². The largest absolute Gasteiger partial charge is 0.377 e. The molecule has 0 spiro atoms. The summed E-state index contributed by atoms with van der Waals surface area (Å²) < 4.78 is 5.52. The van der Waals surface area contributed by atoms with Crippen LogP contribution < -0.4 is 5.32 Å². The fourth-order valence-corrected chi connectivity index (χ4v) is 1.78. The molecule has 1 saturated heterocycles. The number of allylic oxidation sites excluding steroid dienone is 1. The van der Waals surface area contributed by atoms with Gasteiger partial charge in [-0.2, -0.15) is 0 Å². The van der Waals surface area contributed by atoms with Crippen molar-refractivity contribution >= 4 is 0 Å². The van der Waals surface area contributed by atoms with Gasteiger partial charge in [-0.15, -0.1) is 6.58 Å². The number of rotatable bonds is 8. The quantitative estimate of drug-likeness (QED) is 0.477. The van der Waals surface area contributed by atoms with Crippen LogP contribution in [-0.4, -0.2) is 25.8 Å². The first kappa shape index (κ1) is 11.7. The van der Waals surface area contributed by atoms with Gasteiger partial charge in [-0.3, -0.25) is 0 Å². The van der Waals surface area contributed by atoms with Gasteiger partial charge < -0.3 is 10.1 Å². The maximum atomic E-state index is 5.52. The molecule has 1 N–H and O–H groups in total. The Balaban J connectivity index is 1.77. The van der Waals surface area contributed by atoms with E-state index < -0.39 is 0 Å². The fourth-order valence-electron chi connectivity index (χ4n) is 1.78. The topological polar surface area (TPSA) is 21.3 Å². The molecular weight excluding hydrogens is 174 g/mol. The summed E-state index contributed by atoms with van der Waals surface area (Å²) in [5.41, 5.74) is 0. The zero-order chi connectivity index (χ0) is 10.1. The highest BCUT2D eigenvalue weighted by molar-refractivity contribution is 4.68. The van der Waals surface area contributed by atoms with E-state index in [1.165, 1.54) is 32.1 Å². The van der Waals surface area contributed by atoms with Crippen molar-refractivity contribution < 1.29 is 4.74 Å². The summed E-state index contributed by atoms with van der Waals surface area (Å²) in [7, 11) is 0. The molecule has 0 aliphatic carbocycles. The van der Waals surface area contributed by atoms with E-state index in [2.05, 4.69) is 11.9 Å². The number of ether oxygens (including phenoxy) is 1. The third-order valence-electron chi connectivity index (χ3n) is 2.66. The van der Waals surface area contributed by atoms with E-state index in [0.29, 0.717) is 6.10 Å². The summed E-state index contributed by atoms with van der Waals surface area (Å²) in [6, 6.07) is 0. The van der Waals surface area contributed by atoms with Crippen molar-refractivity contribution in [3.05, 3.63) is 12.7 Å². The van der Waals surface area contributed by atoms with Crippen molar-refractivity contribution in [2.75, 3.05) is 19.7 Å². The Bertz CT molecular complexity index is 141. The standard InChI is InChI=1S/C12H23NO/c1-2-3-4-5-6-9-13-11-12-8-7-10-14-12/h2,12-13H,1,3-11H2. The van der Waals surface area contributed by atoms with Gasteiger partial charge >= 0.3 is 0 Å². The predicted octanol–water partition coefficient (Wildman–Crippen LogP) is 2.50. The van der Waals surface area contributed by atoms with Crippen LogP contribution in [0, 0.1) is 0 Å². The van der Waals surface area contributed by atoms with Crippen molar-refractivity contribution in [3.63, 3.8) is 0 Å². The van der Waals surface area contributed by atoms with Crippen LogP contribution in [0.4, 0.5) is 0 Å². The maximum Gasteiger partial charge on any atom is 0.0700 e. The zero-order valence-corrected chi connectivity index (χ0v) is 9.13. The second-order valence-electron chi connectivity index (χ2n) is 3.98. The van der Waals surface area contributed by atoms with E-state index in [9.17, 15) is 0 Å². The van der Waals surface area contributed by atoms with Crippen LogP contribution in [0.25, 0.3) is 0 Å². The van der Waals surface area contributed by atoms with Gasteiger partial charge in [0.2, 0.25) is 0 Å². The van der Waals surface area contributed by atoms with Gasteiger partial charge in [-0.1, -0.05) is 12.5 Å². The number of nitrogens with one attached hydrogen (secondary N) is 1. The van der Waals surface area contributed by atoms with Gasteiger partial charge in [0.25, 0.3) is 0 Å². The summed E-state index contributed by atoms with van der Waals surface area (Å²) in [4.78, 5) is 0. The van der Waals surface area contributed by atoms with E-state index >= 15 is 0 Å². The van der Waals surface area contributed by atoms with Crippen molar-refractivity contribution in [2.45, 2.75) is 44.6 Å². The smallest absolute Gasteiger partial charge is 0.0700 e. The molecule has 0 saturated carbocycles. The Morgan fingerprint density at radius 3 is 3.00 bits per heavy atom. The molecule has 1 heterocycles. The van der Waals surface area contributed by atoms with Crippen LogP contribution in [0.3, 0.4) is 0 Å². The molecule has 14 heavy (non-hydrogen) atoms. The molecule has 0 aromatic rings. The first-order chi connectivity index (χ1) is 6.93. The summed E-state index contributed by atoms with van der Waals surface area (Å²) in [6.07, 6.45) is 10.00. The summed E-state index contributed by atoms with van der Waals surface area (Å²) in [5.74, 6) is 0. The molecule has 0 bridgehead atoms. The van der Waals surface area contributed by atoms with Crippen molar-refractivity contribution in [3.8, 4) is 0 Å². The third-order valence-corrected chi connectivity index (χ3v) is 2.66. The van der Waals surface area contributed by atoms with Gasteiger partial charge in [0.1, 0.15) is 0 Å². The average Bonchev–Trinajstić information content (AvgIpc) is 2.69. The van der Waals surface area contributed by atoms with Crippen LogP contribution in [0.15, 0.2) is 12.7 Å². The first-order valence-corrected chi connectivity index (χ1v) is 5.86. The van der Waals surface area contributed by atoms with Gasteiger partial charge in [0.15, 0.2) is 0 Å². The lowest BCUT2D eigenvalue weighted by atomic mass is 10.2. The van der Waals surface area contributed by atoms with Crippen molar-refractivity contribution in [1.29, 1.82) is 0 Å². The molecule has 1 aliphatic heterocycles. The summed E-state index contributed by atoms with van der Waals surface area (Å²) in [5, 5.41) is 3.45. The van der Waals surface area contributed by atoms with E-state index in [1.807, 2.05) is 6.08 Å². The van der Waals surface area contributed by atoms with Gasteiger partial charge in [-0.25, -0.2) is 0 Å². The molecule has 1 aliphatic rings. The minimum Gasteiger partial charge on any atom is -0.377 e. The van der Waals surface area contributed by atoms with Crippen molar-refractivity contribution in [1.82, 2.24) is 5.32 Å². The lowest BCUT2D eigenvalue weighted by Crippen LogP contribution is -2.26. The molecule has 1 unspecified atom stereocenters. The highest BCUT2D eigenvalue weighted by atomic mass is 16.5. The monoisotopic (exact) mass is 197 g/mol. The Kier molecular flexibility index (Phi) is 6.71. The molecule has 1 fully saturated rings. The second kappa shape index (κ2) is 8.01. The first-order valence-electron chi connectivity index (χ1n) is 5.86. The Labute approximate surface area is 87.7 Å². The van der Waals surface area contributed by atoms with E-state index in [-0.39, 0.29) is 0 Å². The molecular formula is C12H23NO. The molecule has 1 rings (SSSR count). The molecule has 0 amide bonds. The SMILES string of the molecule is C=CCCCCCNCC1CCCO1. The van der Waals surface area contributed by atoms with Gasteiger partial charge in [0.05, 0.1) is 6.10 Å². The number of unbranched alkanes of at least 4 members (excludes halogenated alkanes) is 3. The van der Waals surface area contributed by atoms with E-state index in [4.69, 9.17) is 4.74 Å². The minimum atomic E-state index is 0.489. The fraction of sp³-hybridized carbons (Fsp3) is 0.833. The normalized spacial score (nSPS) is 21.3. The maximum absolute atomic E-state index is 5.52. The predicted molar refractivity (Wildman–Crippen MR) is 60.5 cm³/mol. The second-order valence-corrected chi connectivity index (χ2v) is 3.98. The average molecular weight is 197 g/mol. The number of hydrogen-bond acceptors (Lipinski definition) is 2. The molecule has 82 valence electrons. The van der Waals surface area contributed by atoms with Crippen molar-refractivity contribution in [2.24, 2.45) is 0 Å². The Morgan fingerprint density at radius 1 is 1.36 bits per heavy atom. The molecule has 0 radical (unpaired) electrons. The van der Waals surface area contributed by atoms with Crippen LogP contribution in [0.2, 0.25) is 0 Å². The minimum absolute atomic E-state index is 0.489. The molecule has 2 nitrogen and oxygen atoms in total. The van der Waals surface area contributed by atoms with E-state index in [1.54, 1.807) is 0 Å². The zero-order valence-electron chi connectivity index (χ0n) is 9.13. The van der Waals surface area contributed by atoms with Gasteiger partial charge in [-0.05, 0) is 38.6 Å². The molecule has 1 atom stereocenters. The van der Waals surface area contributed by atoms with E-state index in [0.717, 1.165) is 26.1 Å². The molecule has 0 aromatic carbocycles. The van der Waals surface area contributed by atoms with Gasteiger partial charge in [0, 0.05) is 13.2 Å². The lowest BCUT2D eigenvalue weighted by Gasteiger charge is -2.10. The molecule has 2 heteroatoms. The lowest BCUT2D eigenvalue weighted by molar-refractivity contribution is 0.110.